The van der Waals surface area contributed by atoms with Gasteiger partial charge >= 0.3 is 0 Å². The molecule has 0 bridgehead atoms. The Hall–Kier alpha value is -2.19. The maximum Gasteiger partial charge on any atom is 0.242 e. The highest BCUT2D eigenvalue weighted by molar-refractivity contribution is 9.10. The van der Waals surface area contributed by atoms with Crippen LogP contribution in [-0.4, -0.2) is 24.7 Å². The van der Waals surface area contributed by atoms with Crippen molar-refractivity contribution in [3.05, 3.63) is 58.9 Å². The molecule has 0 spiro atoms. The van der Waals surface area contributed by atoms with Crippen LogP contribution in [0.5, 0.6) is 5.75 Å². The quantitative estimate of drug-likeness (QED) is 0.573. The number of nitrogens with zero attached hydrogens (tertiary/aromatic N) is 2. The lowest BCUT2D eigenvalue weighted by molar-refractivity contribution is 0.242. The van der Waals surface area contributed by atoms with Gasteiger partial charge in [-0.25, -0.2) is 8.42 Å². The second-order valence-corrected chi connectivity index (χ2v) is 8.82. The van der Waals surface area contributed by atoms with Gasteiger partial charge in [-0.3, -0.25) is 0 Å². The van der Waals surface area contributed by atoms with Crippen LogP contribution < -0.4 is 4.74 Å². The smallest absolute Gasteiger partial charge is 0.242 e. The minimum atomic E-state index is -3.56. The molecule has 136 valence electrons. The Balaban J connectivity index is 1.76. The highest BCUT2D eigenvalue weighted by Gasteiger charge is 2.20. The average molecular weight is 437 g/mol. The molecule has 2 aromatic carbocycles. The SMILES string of the molecule is CC(C)Oc1ccc(-c2noc(CS(=O)(=O)c3ccc(Br)cc3)n2)cc1. The molecule has 1 heterocycles. The highest BCUT2D eigenvalue weighted by Crippen LogP contribution is 2.23. The number of halogens is 1. The van der Waals surface area contributed by atoms with Gasteiger partial charge in [0.05, 0.1) is 11.0 Å². The molecule has 3 aromatic rings. The molecule has 26 heavy (non-hydrogen) atoms. The molecule has 0 aliphatic heterocycles. The summed E-state index contributed by atoms with van der Waals surface area (Å²) >= 11 is 3.28. The van der Waals surface area contributed by atoms with E-state index in [1.807, 2.05) is 26.0 Å². The maximum atomic E-state index is 12.4. The van der Waals surface area contributed by atoms with Gasteiger partial charge in [0.15, 0.2) is 9.84 Å². The van der Waals surface area contributed by atoms with Crippen LogP contribution in [0, 0.1) is 0 Å². The zero-order valence-electron chi connectivity index (χ0n) is 14.2. The Morgan fingerprint density at radius 3 is 2.35 bits per heavy atom. The van der Waals surface area contributed by atoms with Crippen molar-refractivity contribution in [2.24, 2.45) is 0 Å². The van der Waals surface area contributed by atoms with Gasteiger partial charge in [-0.05, 0) is 62.4 Å². The Labute approximate surface area is 160 Å². The number of ether oxygens (including phenoxy) is 1. The van der Waals surface area contributed by atoms with E-state index >= 15 is 0 Å². The first kappa shape index (κ1) is 18.6. The maximum absolute atomic E-state index is 12.4. The largest absolute Gasteiger partial charge is 0.491 e. The van der Waals surface area contributed by atoms with Crippen LogP contribution in [0.4, 0.5) is 0 Å². The summed E-state index contributed by atoms with van der Waals surface area (Å²) in [5, 5.41) is 3.87. The predicted octanol–water partition coefficient (Wildman–Crippen LogP) is 4.26. The second-order valence-electron chi connectivity index (χ2n) is 5.92. The molecule has 0 aliphatic rings. The molecule has 0 saturated carbocycles. The summed E-state index contributed by atoms with van der Waals surface area (Å²) in [6, 6.07) is 13.6. The number of sulfone groups is 1. The van der Waals surface area contributed by atoms with E-state index in [4.69, 9.17) is 9.26 Å². The Kier molecular flexibility index (Phi) is 5.43. The first-order valence-electron chi connectivity index (χ1n) is 7.91. The Bertz CT molecular complexity index is 981. The molecule has 3 rings (SSSR count). The molecular formula is C18H17BrN2O4S. The molecule has 0 fully saturated rings. The molecule has 0 atom stereocenters. The van der Waals surface area contributed by atoms with Crippen molar-refractivity contribution in [1.29, 1.82) is 0 Å². The van der Waals surface area contributed by atoms with Gasteiger partial charge in [0, 0.05) is 10.0 Å². The van der Waals surface area contributed by atoms with Crippen molar-refractivity contribution < 1.29 is 17.7 Å². The summed E-state index contributed by atoms with van der Waals surface area (Å²) in [6.45, 7) is 3.90. The molecule has 0 amide bonds. The van der Waals surface area contributed by atoms with E-state index in [0.29, 0.717) is 5.82 Å². The second kappa shape index (κ2) is 7.59. The lowest BCUT2D eigenvalue weighted by Gasteiger charge is -2.09. The highest BCUT2D eigenvalue weighted by atomic mass is 79.9. The predicted molar refractivity (Wildman–Crippen MR) is 101 cm³/mol. The van der Waals surface area contributed by atoms with Crippen molar-refractivity contribution in [3.8, 4) is 17.1 Å². The van der Waals surface area contributed by atoms with Crippen LogP contribution in [0.2, 0.25) is 0 Å². The molecule has 0 unspecified atom stereocenters. The van der Waals surface area contributed by atoms with Crippen LogP contribution in [-0.2, 0) is 15.6 Å². The summed E-state index contributed by atoms with van der Waals surface area (Å²) < 4.78 is 36.4. The van der Waals surface area contributed by atoms with Gasteiger partial charge in [0.25, 0.3) is 0 Å². The zero-order valence-corrected chi connectivity index (χ0v) is 16.6. The van der Waals surface area contributed by atoms with E-state index in [2.05, 4.69) is 26.1 Å². The summed E-state index contributed by atoms with van der Waals surface area (Å²) in [5.74, 6) is 0.772. The van der Waals surface area contributed by atoms with Crippen LogP contribution in [0.25, 0.3) is 11.4 Å². The normalized spacial score (nSPS) is 11.7. The van der Waals surface area contributed by atoms with E-state index in [9.17, 15) is 8.42 Å². The number of aromatic nitrogens is 2. The first-order chi connectivity index (χ1) is 12.3. The minimum Gasteiger partial charge on any atom is -0.491 e. The summed E-state index contributed by atoms with van der Waals surface area (Å²) in [7, 11) is -3.56. The third-order valence-corrected chi connectivity index (χ3v) is 5.58. The van der Waals surface area contributed by atoms with Gasteiger partial charge < -0.3 is 9.26 Å². The topological polar surface area (TPSA) is 82.3 Å². The van der Waals surface area contributed by atoms with Crippen molar-refractivity contribution in [2.45, 2.75) is 30.6 Å². The van der Waals surface area contributed by atoms with Crippen LogP contribution in [0.1, 0.15) is 19.7 Å². The number of benzene rings is 2. The van der Waals surface area contributed by atoms with E-state index in [1.165, 1.54) is 12.1 Å². The average Bonchev–Trinajstić information content (AvgIpc) is 3.03. The molecule has 0 saturated heterocycles. The van der Waals surface area contributed by atoms with Crippen molar-refractivity contribution >= 4 is 25.8 Å². The fraction of sp³-hybridized carbons (Fsp3) is 0.222. The lowest BCUT2D eigenvalue weighted by Crippen LogP contribution is -2.05. The van der Waals surface area contributed by atoms with Gasteiger partial charge in [0.2, 0.25) is 11.7 Å². The van der Waals surface area contributed by atoms with Crippen LogP contribution in [0.15, 0.2) is 62.4 Å². The van der Waals surface area contributed by atoms with Gasteiger partial charge in [0.1, 0.15) is 11.5 Å². The third-order valence-electron chi connectivity index (χ3n) is 3.44. The summed E-state index contributed by atoms with van der Waals surface area (Å²) in [6.07, 6.45) is 0.0847. The molecule has 0 radical (unpaired) electrons. The molecule has 0 N–H and O–H groups in total. The monoisotopic (exact) mass is 436 g/mol. The molecule has 0 aliphatic carbocycles. The number of hydrogen-bond acceptors (Lipinski definition) is 6. The zero-order chi connectivity index (χ0) is 18.7. The fourth-order valence-corrected chi connectivity index (χ4v) is 3.70. The molecule has 8 heteroatoms. The lowest BCUT2D eigenvalue weighted by atomic mass is 10.2. The Morgan fingerprint density at radius 1 is 1.08 bits per heavy atom. The third kappa shape index (κ3) is 4.50. The van der Waals surface area contributed by atoms with E-state index in [0.717, 1.165) is 15.8 Å². The van der Waals surface area contributed by atoms with E-state index < -0.39 is 9.84 Å². The van der Waals surface area contributed by atoms with Crippen LogP contribution in [0.3, 0.4) is 0 Å². The molecule has 1 aromatic heterocycles. The van der Waals surface area contributed by atoms with Crippen molar-refractivity contribution in [3.63, 3.8) is 0 Å². The first-order valence-corrected chi connectivity index (χ1v) is 10.4. The van der Waals surface area contributed by atoms with Gasteiger partial charge in [-0.2, -0.15) is 4.98 Å². The van der Waals surface area contributed by atoms with E-state index in [1.54, 1.807) is 24.3 Å². The summed E-state index contributed by atoms with van der Waals surface area (Å²) in [4.78, 5) is 4.40. The molecule has 6 nitrogen and oxygen atoms in total. The fourth-order valence-electron chi connectivity index (χ4n) is 2.27. The standard InChI is InChI=1S/C18H17BrN2O4S/c1-12(2)24-15-7-3-13(4-8-15)18-20-17(25-21-18)11-26(22,23)16-9-5-14(19)6-10-16/h3-10,12H,11H2,1-2H3. The van der Waals surface area contributed by atoms with Gasteiger partial charge in [-0.15, -0.1) is 0 Å². The van der Waals surface area contributed by atoms with Gasteiger partial charge in [-0.1, -0.05) is 21.1 Å². The Morgan fingerprint density at radius 2 is 1.73 bits per heavy atom. The summed E-state index contributed by atoms with van der Waals surface area (Å²) in [5.41, 5.74) is 0.720. The van der Waals surface area contributed by atoms with Crippen molar-refractivity contribution in [2.75, 3.05) is 0 Å². The number of hydrogen-bond donors (Lipinski definition) is 0. The van der Waals surface area contributed by atoms with Crippen LogP contribution >= 0.6 is 15.9 Å². The molecular weight excluding hydrogens is 420 g/mol. The van der Waals surface area contributed by atoms with E-state index in [-0.39, 0.29) is 22.6 Å². The minimum absolute atomic E-state index is 0.0467. The number of rotatable bonds is 6. The van der Waals surface area contributed by atoms with Crippen molar-refractivity contribution in [1.82, 2.24) is 10.1 Å².